The van der Waals surface area contributed by atoms with Gasteiger partial charge in [-0.1, -0.05) is 11.6 Å². The summed E-state index contributed by atoms with van der Waals surface area (Å²) in [7, 11) is 1.71. The number of aryl methyl sites for hydroxylation is 1. The highest BCUT2D eigenvalue weighted by atomic mass is 35.5. The predicted molar refractivity (Wildman–Crippen MR) is 80.2 cm³/mol. The summed E-state index contributed by atoms with van der Waals surface area (Å²) >= 11 is 5.95. The predicted octanol–water partition coefficient (Wildman–Crippen LogP) is 2.65. The first-order valence-corrected chi connectivity index (χ1v) is 7.05. The Hall–Kier alpha value is -1.26. The standard InChI is InChI=1S/C15H22ClNO3/c1-10-9-13(5-6-14(10)16)20-12(3)15(19)17(4)8-7-11(2)18/h5-6,9,11-12,18H,7-8H2,1-4H3. The first-order chi connectivity index (χ1) is 9.31. The maximum Gasteiger partial charge on any atom is 0.263 e. The molecule has 2 unspecified atom stereocenters. The lowest BCUT2D eigenvalue weighted by Gasteiger charge is -2.22. The van der Waals surface area contributed by atoms with Crippen molar-refractivity contribution in [2.75, 3.05) is 13.6 Å². The van der Waals surface area contributed by atoms with Crippen LogP contribution in [0.3, 0.4) is 0 Å². The highest BCUT2D eigenvalue weighted by Gasteiger charge is 2.19. The van der Waals surface area contributed by atoms with Crippen LogP contribution in [0.15, 0.2) is 18.2 Å². The third kappa shape index (κ3) is 5.02. The van der Waals surface area contributed by atoms with Crippen LogP contribution in [0.4, 0.5) is 0 Å². The van der Waals surface area contributed by atoms with E-state index < -0.39 is 12.2 Å². The average Bonchev–Trinajstić information content (AvgIpc) is 2.39. The van der Waals surface area contributed by atoms with Crippen molar-refractivity contribution in [3.63, 3.8) is 0 Å². The van der Waals surface area contributed by atoms with E-state index in [0.29, 0.717) is 23.7 Å². The van der Waals surface area contributed by atoms with Crippen molar-refractivity contribution in [1.29, 1.82) is 0 Å². The average molecular weight is 300 g/mol. The number of amides is 1. The van der Waals surface area contributed by atoms with Gasteiger partial charge in [0, 0.05) is 18.6 Å². The largest absolute Gasteiger partial charge is 0.481 e. The smallest absolute Gasteiger partial charge is 0.263 e. The minimum Gasteiger partial charge on any atom is -0.481 e. The molecule has 20 heavy (non-hydrogen) atoms. The van der Waals surface area contributed by atoms with Gasteiger partial charge in [-0.25, -0.2) is 0 Å². The molecule has 0 aliphatic carbocycles. The number of halogens is 1. The van der Waals surface area contributed by atoms with Crippen LogP contribution in [0.2, 0.25) is 5.02 Å². The van der Waals surface area contributed by atoms with Crippen molar-refractivity contribution in [2.24, 2.45) is 0 Å². The second-order valence-electron chi connectivity index (χ2n) is 5.07. The van der Waals surface area contributed by atoms with E-state index in [0.717, 1.165) is 5.56 Å². The molecule has 0 spiro atoms. The molecule has 2 atom stereocenters. The molecule has 1 N–H and O–H groups in total. The molecular formula is C15H22ClNO3. The Balaban J connectivity index is 2.58. The van der Waals surface area contributed by atoms with Crippen LogP contribution < -0.4 is 4.74 Å². The number of hydrogen-bond acceptors (Lipinski definition) is 3. The van der Waals surface area contributed by atoms with E-state index in [2.05, 4.69) is 0 Å². The number of likely N-dealkylation sites (N-methyl/N-ethyl adjacent to an activating group) is 1. The minimum absolute atomic E-state index is 0.113. The van der Waals surface area contributed by atoms with Crippen LogP contribution in [-0.2, 0) is 4.79 Å². The number of hydrogen-bond donors (Lipinski definition) is 1. The molecule has 1 rings (SSSR count). The van der Waals surface area contributed by atoms with Crippen LogP contribution in [-0.4, -0.2) is 41.7 Å². The summed E-state index contributed by atoms with van der Waals surface area (Å²) in [6.45, 7) is 5.81. The second kappa shape index (κ2) is 7.50. The third-order valence-electron chi connectivity index (χ3n) is 3.05. The summed E-state index contributed by atoms with van der Waals surface area (Å²) in [5, 5.41) is 9.90. The number of carbonyl (C=O) groups is 1. The van der Waals surface area contributed by atoms with Crippen molar-refractivity contribution in [3.8, 4) is 5.75 Å². The van der Waals surface area contributed by atoms with Gasteiger partial charge in [0.15, 0.2) is 6.10 Å². The molecule has 0 saturated carbocycles. The number of carbonyl (C=O) groups excluding carboxylic acids is 1. The number of benzene rings is 1. The van der Waals surface area contributed by atoms with Crippen molar-refractivity contribution in [3.05, 3.63) is 28.8 Å². The molecule has 5 heteroatoms. The Morgan fingerprint density at radius 1 is 1.45 bits per heavy atom. The summed E-state index contributed by atoms with van der Waals surface area (Å²) < 4.78 is 5.63. The molecule has 0 saturated heterocycles. The fraction of sp³-hybridized carbons (Fsp3) is 0.533. The molecule has 0 aliphatic rings. The summed E-state index contributed by atoms with van der Waals surface area (Å²) in [4.78, 5) is 13.7. The Labute approximate surface area is 125 Å². The van der Waals surface area contributed by atoms with Gasteiger partial charge in [-0.15, -0.1) is 0 Å². The van der Waals surface area contributed by atoms with Crippen molar-refractivity contribution < 1.29 is 14.6 Å². The fourth-order valence-corrected chi connectivity index (χ4v) is 1.86. The zero-order valence-electron chi connectivity index (χ0n) is 12.4. The van der Waals surface area contributed by atoms with Crippen LogP contribution in [0, 0.1) is 6.92 Å². The van der Waals surface area contributed by atoms with Gasteiger partial charge in [-0.05, 0) is 51.0 Å². The van der Waals surface area contributed by atoms with Gasteiger partial charge in [-0.2, -0.15) is 0 Å². The molecule has 0 aliphatic heterocycles. The number of aliphatic hydroxyl groups excluding tert-OH is 1. The van der Waals surface area contributed by atoms with Crippen LogP contribution in [0.5, 0.6) is 5.75 Å². The van der Waals surface area contributed by atoms with E-state index in [-0.39, 0.29) is 5.91 Å². The monoisotopic (exact) mass is 299 g/mol. The summed E-state index contributed by atoms with van der Waals surface area (Å²) in [6, 6.07) is 5.30. The van der Waals surface area contributed by atoms with Gasteiger partial charge in [0.05, 0.1) is 6.10 Å². The number of aliphatic hydroxyl groups is 1. The maximum absolute atomic E-state index is 12.1. The lowest BCUT2D eigenvalue weighted by molar-refractivity contribution is -0.136. The number of rotatable bonds is 6. The van der Waals surface area contributed by atoms with E-state index in [1.54, 1.807) is 37.9 Å². The molecule has 1 aromatic rings. The Bertz CT molecular complexity index is 462. The molecule has 0 heterocycles. The highest BCUT2D eigenvalue weighted by molar-refractivity contribution is 6.31. The molecule has 0 aromatic heterocycles. The summed E-state index contributed by atoms with van der Waals surface area (Å²) in [5.74, 6) is 0.509. The van der Waals surface area contributed by atoms with E-state index in [1.165, 1.54) is 0 Å². The zero-order chi connectivity index (χ0) is 15.3. The van der Waals surface area contributed by atoms with Crippen molar-refractivity contribution in [1.82, 2.24) is 4.90 Å². The zero-order valence-corrected chi connectivity index (χ0v) is 13.1. The second-order valence-corrected chi connectivity index (χ2v) is 5.48. The van der Waals surface area contributed by atoms with Gasteiger partial charge in [0.25, 0.3) is 5.91 Å². The maximum atomic E-state index is 12.1. The molecule has 0 radical (unpaired) electrons. The SMILES string of the molecule is Cc1cc(OC(C)C(=O)N(C)CCC(C)O)ccc1Cl. The van der Waals surface area contributed by atoms with Crippen LogP contribution in [0.25, 0.3) is 0 Å². The minimum atomic E-state index is -0.574. The first-order valence-electron chi connectivity index (χ1n) is 6.67. The topological polar surface area (TPSA) is 49.8 Å². The quantitative estimate of drug-likeness (QED) is 0.878. The van der Waals surface area contributed by atoms with Gasteiger partial charge < -0.3 is 14.7 Å². The summed E-state index contributed by atoms with van der Waals surface area (Å²) in [5.41, 5.74) is 0.909. The lowest BCUT2D eigenvalue weighted by atomic mass is 10.2. The van der Waals surface area contributed by atoms with Crippen LogP contribution >= 0.6 is 11.6 Å². The van der Waals surface area contributed by atoms with E-state index in [4.69, 9.17) is 16.3 Å². The van der Waals surface area contributed by atoms with Gasteiger partial charge in [0.1, 0.15) is 5.75 Å². The van der Waals surface area contributed by atoms with Crippen LogP contribution in [0.1, 0.15) is 25.8 Å². The highest BCUT2D eigenvalue weighted by Crippen LogP contribution is 2.22. The number of ether oxygens (including phenoxy) is 1. The fourth-order valence-electron chi connectivity index (χ4n) is 1.75. The van der Waals surface area contributed by atoms with Gasteiger partial charge in [0.2, 0.25) is 0 Å². The molecule has 0 bridgehead atoms. The molecule has 4 nitrogen and oxygen atoms in total. The normalized spacial score (nSPS) is 13.7. The Morgan fingerprint density at radius 3 is 2.65 bits per heavy atom. The van der Waals surface area contributed by atoms with E-state index in [1.807, 2.05) is 13.0 Å². The van der Waals surface area contributed by atoms with Gasteiger partial charge >= 0.3 is 0 Å². The molecule has 0 fully saturated rings. The van der Waals surface area contributed by atoms with Gasteiger partial charge in [-0.3, -0.25) is 4.79 Å². The number of nitrogens with zero attached hydrogens (tertiary/aromatic N) is 1. The molecule has 1 amide bonds. The summed E-state index contributed by atoms with van der Waals surface area (Å²) in [6.07, 6.45) is -0.440. The van der Waals surface area contributed by atoms with Crippen molar-refractivity contribution in [2.45, 2.75) is 39.4 Å². The lowest BCUT2D eigenvalue weighted by Crippen LogP contribution is -2.39. The first kappa shape index (κ1) is 16.8. The Morgan fingerprint density at radius 2 is 2.10 bits per heavy atom. The molecular weight excluding hydrogens is 278 g/mol. The molecule has 112 valence electrons. The molecule has 1 aromatic carbocycles. The Kier molecular flexibility index (Phi) is 6.30. The van der Waals surface area contributed by atoms with Crippen molar-refractivity contribution >= 4 is 17.5 Å². The van der Waals surface area contributed by atoms with E-state index >= 15 is 0 Å². The third-order valence-corrected chi connectivity index (χ3v) is 3.47. The van der Waals surface area contributed by atoms with E-state index in [9.17, 15) is 9.90 Å².